The van der Waals surface area contributed by atoms with Crippen LogP contribution in [0.15, 0.2) is 42.6 Å². The summed E-state index contributed by atoms with van der Waals surface area (Å²) in [6.45, 7) is 2.13. The van der Waals surface area contributed by atoms with Crippen LogP contribution in [0.2, 0.25) is 0 Å². The highest BCUT2D eigenvalue weighted by Gasteiger charge is 2.10. The number of aromatic nitrogens is 1. The van der Waals surface area contributed by atoms with Gasteiger partial charge in [-0.05, 0) is 18.6 Å². The maximum atomic E-state index is 3.56. The SMILES string of the molecule is Cc1ccccc1-c1cc([Si])cc[n+]1C. The Bertz CT molecular complexity index is 492. The number of hydrogen-bond acceptors (Lipinski definition) is 0. The second kappa shape index (κ2) is 3.99. The third kappa shape index (κ3) is 2.00. The van der Waals surface area contributed by atoms with E-state index in [1.807, 2.05) is 6.07 Å². The van der Waals surface area contributed by atoms with Gasteiger partial charge >= 0.3 is 0 Å². The molecule has 0 fully saturated rings. The molecule has 0 aliphatic heterocycles. The molecule has 15 heavy (non-hydrogen) atoms. The van der Waals surface area contributed by atoms with E-state index in [-0.39, 0.29) is 0 Å². The van der Waals surface area contributed by atoms with Crippen LogP contribution < -0.4 is 9.75 Å². The molecule has 2 rings (SSSR count). The van der Waals surface area contributed by atoms with Crippen LogP contribution in [0.5, 0.6) is 0 Å². The summed E-state index contributed by atoms with van der Waals surface area (Å²) in [5, 5.41) is 1.10. The van der Waals surface area contributed by atoms with Crippen LogP contribution in [0.3, 0.4) is 0 Å². The molecule has 0 aliphatic rings. The number of benzene rings is 1. The molecular formula is C13H13NSi+. The Morgan fingerprint density at radius 3 is 2.60 bits per heavy atom. The van der Waals surface area contributed by atoms with Gasteiger partial charge in [0.1, 0.15) is 7.05 Å². The molecule has 0 saturated heterocycles. The molecule has 0 bridgehead atoms. The van der Waals surface area contributed by atoms with Crippen molar-refractivity contribution in [1.29, 1.82) is 0 Å². The van der Waals surface area contributed by atoms with Gasteiger partial charge in [-0.2, -0.15) is 0 Å². The number of hydrogen-bond donors (Lipinski definition) is 0. The Morgan fingerprint density at radius 2 is 1.87 bits per heavy atom. The van der Waals surface area contributed by atoms with Crippen LogP contribution in [0.25, 0.3) is 11.3 Å². The van der Waals surface area contributed by atoms with Gasteiger partial charge in [0.15, 0.2) is 6.20 Å². The molecule has 1 aromatic carbocycles. The van der Waals surface area contributed by atoms with Crippen molar-refractivity contribution in [2.45, 2.75) is 6.92 Å². The third-order valence-electron chi connectivity index (χ3n) is 2.57. The van der Waals surface area contributed by atoms with Crippen LogP contribution in [0, 0.1) is 6.92 Å². The molecule has 0 unspecified atom stereocenters. The maximum absolute atomic E-state index is 3.56. The zero-order valence-electron chi connectivity index (χ0n) is 8.99. The van der Waals surface area contributed by atoms with E-state index < -0.39 is 0 Å². The van der Waals surface area contributed by atoms with Crippen molar-refractivity contribution in [3.05, 3.63) is 48.2 Å². The lowest BCUT2D eigenvalue weighted by molar-refractivity contribution is -0.660. The van der Waals surface area contributed by atoms with Crippen LogP contribution in [-0.2, 0) is 7.05 Å². The zero-order valence-corrected chi connectivity index (χ0v) is 9.99. The van der Waals surface area contributed by atoms with Crippen LogP contribution in [0.1, 0.15) is 5.56 Å². The first-order valence-electron chi connectivity index (χ1n) is 4.96. The third-order valence-corrected chi connectivity index (χ3v) is 2.88. The van der Waals surface area contributed by atoms with Gasteiger partial charge in [0.05, 0.1) is 10.2 Å². The van der Waals surface area contributed by atoms with Crippen molar-refractivity contribution >= 4 is 15.4 Å². The molecule has 1 aromatic heterocycles. The predicted octanol–water partition coefficient (Wildman–Crippen LogP) is 1.28. The van der Waals surface area contributed by atoms with Crippen molar-refractivity contribution in [2.75, 3.05) is 0 Å². The van der Waals surface area contributed by atoms with E-state index in [1.165, 1.54) is 16.8 Å². The Kier molecular flexibility index (Phi) is 2.69. The van der Waals surface area contributed by atoms with Crippen molar-refractivity contribution < 1.29 is 4.57 Å². The maximum Gasteiger partial charge on any atom is 0.212 e. The molecule has 0 saturated carbocycles. The molecule has 73 valence electrons. The average Bonchev–Trinajstić information content (AvgIpc) is 2.23. The van der Waals surface area contributed by atoms with E-state index in [2.05, 4.69) is 65.3 Å². The van der Waals surface area contributed by atoms with Crippen LogP contribution in [0.4, 0.5) is 0 Å². The van der Waals surface area contributed by atoms with E-state index >= 15 is 0 Å². The summed E-state index contributed by atoms with van der Waals surface area (Å²) in [7, 11) is 5.62. The van der Waals surface area contributed by atoms with Crippen molar-refractivity contribution in [2.24, 2.45) is 7.05 Å². The fraction of sp³-hybridized carbons (Fsp3) is 0.154. The van der Waals surface area contributed by atoms with E-state index in [0.717, 1.165) is 5.19 Å². The molecule has 1 nitrogen and oxygen atoms in total. The van der Waals surface area contributed by atoms with Gasteiger partial charge in [0, 0.05) is 17.7 Å². The number of rotatable bonds is 1. The topological polar surface area (TPSA) is 3.88 Å². The van der Waals surface area contributed by atoms with Crippen LogP contribution >= 0.6 is 0 Å². The molecule has 0 aliphatic carbocycles. The highest BCUT2D eigenvalue weighted by Crippen LogP contribution is 2.18. The fourth-order valence-electron chi connectivity index (χ4n) is 1.70. The Morgan fingerprint density at radius 1 is 1.13 bits per heavy atom. The monoisotopic (exact) mass is 211 g/mol. The zero-order chi connectivity index (χ0) is 10.8. The van der Waals surface area contributed by atoms with E-state index in [0.29, 0.717) is 0 Å². The first kappa shape index (κ1) is 10.1. The van der Waals surface area contributed by atoms with Gasteiger partial charge < -0.3 is 0 Å². The summed E-state index contributed by atoms with van der Waals surface area (Å²) >= 11 is 0. The van der Waals surface area contributed by atoms with Gasteiger partial charge in [-0.15, -0.1) is 0 Å². The summed E-state index contributed by atoms with van der Waals surface area (Å²) in [6, 6.07) is 12.6. The Hall–Kier alpha value is -1.41. The molecular weight excluding hydrogens is 198 g/mol. The number of pyridine rings is 1. The molecule has 0 N–H and O–H groups in total. The van der Waals surface area contributed by atoms with Gasteiger partial charge in [-0.1, -0.05) is 23.4 Å². The minimum Gasteiger partial charge on any atom is -0.201 e. The van der Waals surface area contributed by atoms with Crippen molar-refractivity contribution in [1.82, 2.24) is 0 Å². The predicted molar refractivity (Wildman–Crippen MR) is 63.2 cm³/mol. The lowest BCUT2D eigenvalue weighted by atomic mass is 10.1. The molecule has 0 atom stereocenters. The highest BCUT2D eigenvalue weighted by atomic mass is 28.1. The lowest BCUT2D eigenvalue weighted by Crippen LogP contribution is -2.32. The molecule has 2 aromatic rings. The largest absolute Gasteiger partial charge is 0.212 e. The average molecular weight is 211 g/mol. The Labute approximate surface area is 93.8 Å². The van der Waals surface area contributed by atoms with E-state index in [1.54, 1.807) is 0 Å². The first-order valence-corrected chi connectivity index (χ1v) is 5.46. The van der Waals surface area contributed by atoms with E-state index in [4.69, 9.17) is 0 Å². The number of aryl methyl sites for hydroxylation is 2. The lowest BCUT2D eigenvalue weighted by Gasteiger charge is -2.04. The van der Waals surface area contributed by atoms with Gasteiger partial charge in [-0.25, -0.2) is 4.57 Å². The summed E-state index contributed by atoms with van der Waals surface area (Å²) in [6.07, 6.45) is 2.06. The molecule has 1 heterocycles. The van der Waals surface area contributed by atoms with Gasteiger partial charge in [-0.3, -0.25) is 0 Å². The number of nitrogens with zero attached hydrogens (tertiary/aromatic N) is 1. The van der Waals surface area contributed by atoms with Crippen molar-refractivity contribution in [3.8, 4) is 11.3 Å². The fourth-order valence-corrected chi connectivity index (χ4v) is 1.91. The minimum absolute atomic E-state index is 1.10. The summed E-state index contributed by atoms with van der Waals surface area (Å²) < 4.78 is 2.13. The normalized spacial score (nSPS) is 10.3. The van der Waals surface area contributed by atoms with Crippen molar-refractivity contribution in [3.63, 3.8) is 0 Å². The first-order chi connectivity index (χ1) is 7.18. The smallest absolute Gasteiger partial charge is 0.201 e. The quantitative estimate of drug-likeness (QED) is 0.494. The minimum atomic E-state index is 1.10. The molecule has 3 radical (unpaired) electrons. The van der Waals surface area contributed by atoms with Gasteiger partial charge in [0.2, 0.25) is 5.69 Å². The van der Waals surface area contributed by atoms with E-state index in [9.17, 15) is 0 Å². The summed E-state index contributed by atoms with van der Waals surface area (Å²) in [5.41, 5.74) is 3.80. The molecule has 0 spiro atoms. The van der Waals surface area contributed by atoms with Crippen LogP contribution in [-0.4, -0.2) is 10.2 Å². The summed E-state index contributed by atoms with van der Waals surface area (Å²) in [4.78, 5) is 0. The molecule has 2 heteroatoms. The second-order valence-corrected chi connectivity index (χ2v) is 4.30. The second-order valence-electron chi connectivity index (χ2n) is 3.73. The van der Waals surface area contributed by atoms with Gasteiger partial charge in [0.25, 0.3) is 0 Å². The Balaban J connectivity index is 2.64. The molecule has 0 amide bonds. The standard InChI is InChI=1S/C13H13NSi/c1-10-5-3-4-6-12(10)13-9-11(15)7-8-14(13)2/h3-9H,1-2H3/q+1. The summed E-state index contributed by atoms with van der Waals surface area (Å²) in [5.74, 6) is 0. The highest BCUT2D eigenvalue weighted by molar-refractivity contribution is 6.32.